The van der Waals surface area contributed by atoms with Crippen molar-refractivity contribution in [2.75, 3.05) is 0 Å². The van der Waals surface area contributed by atoms with Crippen LogP contribution in [-0.2, 0) is 0 Å². The number of carbonyl (C=O) groups is 2. The van der Waals surface area contributed by atoms with E-state index in [9.17, 15) is 9.59 Å². The van der Waals surface area contributed by atoms with E-state index >= 15 is 0 Å². The molecule has 0 saturated heterocycles. The molecule has 0 unspecified atom stereocenters. The first-order chi connectivity index (χ1) is 8.25. The molecular formula is C13H16N2O2. The third-order valence-electron chi connectivity index (χ3n) is 2.95. The second-order valence-electron chi connectivity index (χ2n) is 4.27. The first-order valence-electron chi connectivity index (χ1n) is 5.92. The van der Waals surface area contributed by atoms with Crippen molar-refractivity contribution in [1.82, 2.24) is 10.6 Å². The third kappa shape index (κ3) is 3.31. The Balaban J connectivity index is 1.84. The van der Waals surface area contributed by atoms with Crippen molar-refractivity contribution < 1.29 is 9.59 Å². The summed E-state index contributed by atoms with van der Waals surface area (Å²) in [7, 11) is 0. The largest absolute Gasteiger partial charge is 0.335 e. The normalized spacial score (nSPS) is 15.5. The van der Waals surface area contributed by atoms with Gasteiger partial charge in [-0.2, -0.15) is 0 Å². The van der Waals surface area contributed by atoms with Crippen LogP contribution in [0.2, 0.25) is 0 Å². The van der Waals surface area contributed by atoms with Crippen LogP contribution in [0.25, 0.3) is 0 Å². The zero-order valence-electron chi connectivity index (χ0n) is 9.61. The molecule has 4 nitrogen and oxygen atoms in total. The van der Waals surface area contributed by atoms with Gasteiger partial charge in [-0.1, -0.05) is 31.0 Å². The zero-order chi connectivity index (χ0) is 12.1. The van der Waals surface area contributed by atoms with E-state index in [0.29, 0.717) is 5.56 Å². The molecule has 0 bridgehead atoms. The fourth-order valence-corrected chi connectivity index (χ4v) is 2.06. The minimum atomic E-state index is -0.397. The number of nitrogens with one attached hydrogen (secondary N) is 2. The lowest BCUT2D eigenvalue weighted by atomic mass is 10.2. The Labute approximate surface area is 100 Å². The highest BCUT2D eigenvalue weighted by atomic mass is 16.2. The number of imide groups is 1. The molecular weight excluding hydrogens is 216 g/mol. The number of urea groups is 1. The summed E-state index contributed by atoms with van der Waals surface area (Å²) in [6.45, 7) is 0. The van der Waals surface area contributed by atoms with Crippen molar-refractivity contribution >= 4 is 11.9 Å². The van der Waals surface area contributed by atoms with Crippen LogP contribution in [0, 0.1) is 0 Å². The summed E-state index contributed by atoms with van der Waals surface area (Å²) in [5, 5.41) is 5.14. The zero-order valence-corrected chi connectivity index (χ0v) is 9.61. The summed E-state index contributed by atoms with van der Waals surface area (Å²) < 4.78 is 0. The molecule has 0 aliphatic heterocycles. The lowest BCUT2D eigenvalue weighted by Gasteiger charge is -2.12. The fourth-order valence-electron chi connectivity index (χ4n) is 2.06. The first kappa shape index (κ1) is 11.6. The molecule has 1 fully saturated rings. The van der Waals surface area contributed by atoms with E-state index in [1.54, 1.807) is 24.3 Å². The molecule has 2 N–H and O–H groups in total. The minimum Gasteiger partial charge on any atom is -0.335 e. The quantitative estimate of drug-likeness (QED) is 0.820. The van der Waals surface area contributed by atoms with Crippen LogP contribution >= 0.6 is 0 Å². The first-order valence-corrected chi connectivity index (χ1v) is 5.92. The van der Waals surface area contributed by atoms with Gasteiger partial charge in [-0.15, -0.1) is 0 Å². The molecule has 3 amide bonds. The highest BCUT2D eigenvalue weighted by Crippen LogP contribution is 2.17. The molecule has 0 spiro atoms. The highest BCUT2D eigenvalue weighted by Gasteiger charge is 2.18. The summed E-state index contributed by atoms with van der Waals surface area (Å²) in [5.74, 6) is -0.360. The molecule has 0 aromatic heterocycles. The second kappa shape index (κ2) is 5.48. The van der Waals surface area contributed by atoms with Crippen molar-refractivity contribution in [2.24, 2.45) is 0 Å². The molecule has 90 valence electrons. The van der Waals surface area contributed by atoms with Gasteiger partial charge >= 0.3 is 6.03 Å². The van der Waals surface area contributed by atoms with Crippen molar-refractivity contribution in [2.45, 2.75) is 31.7 Å². The predicted octanol–water partition coefficient (Wildman–Crippen LogP) is 2.07. The molecule has 1 aliphatic carbocycles. The maximum absolute atomic E-state index is 11.7. The van der Waals surface area contributed by atoms with Crippen LogP contribution in [-0.4, -0.2) is 18.0 Å². The smallest absolute Gasteiger partial charge is 0.321 e. The Morgan fingerprint density at radius 2 is 1.71 bits per heavy atom. The number of rotatable bonds is 2. The van der Waals surface area contributed by atoms with Gasteiger partial charge in [-0.05, 0) is 25.0 Å². The topological polar surface area (TPSA) is 58.2 Å². The summed E-state index contributed by atoms with van der Waals surface area (Å²) in [4.78, 5) is 23.2. The van der Waals surface area contributed by atoms with Crippen LogP contribution in [0.15, 0.2) is 30.3 Å². The summed E-state index contributed by atoms with van der Waals surface area (Å²) in [6.07, 6.45) is 4.31. The average molecular weight is 232 g/mol. The van der Waals surface area contributed by atoms with Crippen molar-refractivity contribution in [3.63, 3.8) is 0 Å². The molecule has 17 heavy (non-hydrogen) atoms. The summed E-state index contributed by atoms with van der Waals surface area (Å²) in [6, 6.07) is 8.54. The van der Waals surface area contributed by atoms with Gasteiger partial charge in [-0.25, -0.2) is 4.79 Å². The summed E-state index contributed by atoms with van der Waals surface area (Å²) in [5.41, 5.74) is 0.495. The van der Waals surface area contributed by atoms with Gasteiger partial charge < -0.3 is 5.32 Å². The van der Waals surface area contributed by atoms with Crippen LogP contribution < -0.4 is 10.6 Å². The van der Waals surface area contributed by atoms with Gasteiger partial charge in [0.15, 0.2) is 0 Å². The molecule has 1 aromatic rings. The summed E-state index contributed by atoms with van der Waals surface area (Å²) >= 11 is 0. The lowest BCUT2D eigenvalue weighted by molar-refractivity contribution is 0.0963. The molecule has 2 rings (SSSR count). The number of carbonyl (C=O) groups excluding carboxylic acids is 2. The van der Waals surface area contributed by atoms with E-state index in [1.807, 2.05) is 6.07 Å². The van der Waals surface area contributed by atoms with E-state index in [1.165, 1.54) is 0 Å². The average Bonchev–Trinajstić information content (AvgIpc) is 2.82. The number of hydrogen-bond donors (Lipinski definition) is 2. The van der Waals surface area contributed by atoms with Gasteiger partial charge in [-0.3, -0.25) is 10.1 Å². The third-order valence-corrected chi connectivity index (χ3v) is 2.95. The Hall–Kier alpha value is -1.84. The van der Waals surface area contributed by atoms with E-state index in [-0.39, 0.29) is 11.9 Å². The molecule has 1 aliphatic rings. The molecule has 0 heterocycles. The van der Waals surface area contributed by atoms with Crippen LogP contribution in [0.4, 0.5) is 4.79 Å². The molecule has 1 saturated carbocycles. The van der Waals surface area contributed by atoms with E-state index < -0.39 is 6.03 Å². The molecule has 1 aromatic carbocycles. The minimum absolute atomic E-state index is 0.221. The maximum Gasteiger partial charge on any atom is 0.321 e. The second-order valence-corrected chi connectivity index (χ2v) is 4.27. The molecule has 4 heteroatoms. The molecule has 0 radical (unpaired) electrons. The van der Waals surface area contributed by atoms with Crippen molar-refractivity contribution in [3.8, 4) is 0 Å². The van der Waals surface area contributed by atoms with E-state index in [4.69, 9.17) is 0 Å². The van der Waals surface area contributed by atoms with E-state index in [0.717, 1.165) is 25.7 Å². The Bertz CT molecular complexity index is 397. The number of amides is 3. The molecule has 0 atom stereocenters. The van der Waals surface area contributed by atoms with Gasteiger partial charge in [0, 0.05) is 11.6 Å². The Kier molecular flexibility index (Phi) is 3.75. The fraction of sp³-hybridized carbons (Fsp3) is 0.385. The maximum atomic E-state index is 11.7. The van der Waals surface area contributed by atoms with Crippen molar-refractivity contribution in [1.29, 1.82) is 0 Å². The monoisotopic (exact) mass is 232 g/mol. The van der Waals surface area contributed by atoms with Crippen LogP contribution in [0.5, 0.6) is 0 Å². The Morgan fingerprint density at radius 3 is 2.35 bits per heavy atom. The van der Waals surface area contributed by atoms with Gasteiger partial charge in [0.05, 0.1) is 0 Å². The standard InChI is InChI=1S/C13H16N2O2/c16-12(10-6-2-1-3-7-10)15-13(17)14-11-8-4-5-9-11/h1-3,6-7,11H,4-5,8-9H2,(H2,14,15,16,17). The van der Waals surface area contributed by atoms with Gasteiger partial charge in [0.1, 0.15) is 0 Å². The van der Waals surface area contributed by atoms with Gasteiger partial charge in [0.2, 0.25) is 0 Å². The van der Waals surface area contributed by atoms with Gasteiger partial charge in [0.25, 0.3) is 5.91 Å². The lowest BCUT2D eigenvalue weighted by Crippen LogP contribution is -2.43. The van der Waals surface area contributed by atoms with Crippen LogP contribution in [0.3, 0.4) is 0 Å². The Morgan fingerprint density at radius 1 is 1.06 bits per heavy atom. The van der Waals surface area contributed by atoms with Crippen LogP contribution in [0.1, 0.15) is 36.0 Å². The van der Waals surface area contributed by atoms with Crippen molar-refractivity contribution in [3.05, 3.63) is 35.9 Å². The highest BCUT2D eigenvalue weighted by molar-refractivity contribution is 6.04. The SMILES string of the molecule is O=C(NC(=O)c1ccccc1)NC1CCCC1. The number of benzene rings is 1. The number of hydrogen-bond acceptors (Lipinski definition) is 2. The predicted molar refractivity (Wildman–Crippen MR) is 64.7 cm³/mol. The van der Waals surface area contributed by atoms with E-state index in [2.05, 4.69) is 10.6 Å².